The van der Waals surface area contributed by atoms with E-state index in [1.165, 1.54) is 0 Å². The summed E-state index contributed by atoms with van der Waals surface area (Å²) in [6.07, 6.45) is 1.39. The van der Waals surface area contributed by atoms with Crippen LogP contribution in [-0.2, 0) is 0 Å². The fourth-order valence-corrected chi connectivity index (χ4v) is 2.09. The number of hydrogen-bond acceptors (Lipinski definition) is 3. The topological polar surface area (TPSA) is 55.5 Å². The first-order chi connectivity index (χ1) is 9.08. The Morgan fingerprint density at radius 1 is 1.21 bits per heavy atom. The molecular formula is C16H27NO2. The first kappa shape index (κ1) is 16.0. The van der Waals surface area contributed by atoms with Gasteiger partial charge in [0.2, 0.25) is 0 Å². The highest BCUT2D eigenvalue weighted by atomic mass is 16.5. The Bertz CT molecular complexity index is 348. The van der Waals surface area contributed by atoms with E-state index in [0.29, 0.717) is 12.5 Å². The van der Waals surface area contributed by atoms with Gasteiger partial charge in [-0.3, -0.25) is 0 Å². The molecule has 0 radical (unpaired) electrons. The minimum atomic E-state index is -0.363. The molecule has 0 amide bonds. The van der Waals surface area contributed by atoms with Gasteiger partial charge in [-0.1, -0.05) is 39.3 Å². The second-order valence-corrected chi connectivity index (χ2v) is 5.47. The van der Waals surface area contributed by atoms with Gasteiger partial charge in [0.1, 0.15) is 5.75 Å². The van der Waals surface area contributed by atoms with Crippen molar-refractivity contribution in [3.63, 3.8) is 0 Å². The molecule has 2 atom stereocenters. The maximum absolute atomic E-state index is 10.1. The number of rotatable bonds is 8. The van der Waals surface area contributed by atoms with Crippen molar-refractivity contribution >= 4 is 0 Å². The molecule has 3 heteroatoms. The normalized spacial score (nSPS) is 14.4. The van der Waals surface area contributed by atoms with E-state index in [-0.39, 0.29) is 12.0 Å². The third-order valence-corrected chi connectivity index (χ3v) is 3.19. The zero-order valence-corrected chi connectivity index (χ0v) is 12.3. The highest BCUT2D eigenvalue weighted by molar-refractivity contribution is 5.30. The van der Waals surface area contributed by atoms with Gasteiger partial charge in [0.05, 0.1) is 12.7 Å². The molecule has 0 aromatic heterocycles. The fourth-order valence-electron chi connectivity index (χ4n) is 2.09. The van der Waals surface area contributed by atoms with Crippen LogP contribution in [0.5, 0.6) is 5.75 Å². The summed E-state index contributed by atoms with van der Waals surface area (Å²) in [6.45, 7) is 7.50. The maximum atomic E-state index is 10.1. The minimum Gasteiger partial charge on any atom is -0.493 e. The summed E-state index contributed by atoms with van der Waals surface area (Å²) in [6, 6.07) is 7.93. The van der Waals surface area contributed by atoms with E-state index in [0.717, 1.165) is 30.8 Å². The van der Waals surface area contributed by atoms with E-state index in [9.17, 15) is 5.11 Å². The van der Waals surface area contributed by atoms with Gasteiger partial charge in [-0.25, -0.2) is 0 Å². The number of nitrogens with two attached hydrogens (primary N) is 1. The van der Waals surface area contributed by atoms with Crippen molar-refractivity contribution in [1.82, 2.24) is 0 Å². The molecule has 1 rings (SSSR count). The van der Waals surface area contributed by atoms with Gasteiger partial charge < -0.3 is 15.6 Å². The molecule has 0 heterocycles. The Hall–Kier alpha value is -1.06. The van der Waals surface area contributed by atoms with Crippen LogP contribution in [0.1, 0.15) is 45.1 Å². The maximum Gasteiger partial charge on any atom is 0.119 e. The van der Waals surface area contributed by atoms with Crippen LogP contribution < -0.4 is 10.5 Å². The van der Waals surface area contributed by atoms with Gasteiger partial charge in [0.15, 0.2) is 0 Å². The van der Waals surface area contributed by atoms with Gasteiger partial charge >= 0.3 is 0 Å². The third-order valence-electron chi connectivity index (χ3n) is 3.19. The highest BCUT2D eigenvalue weighted by Gasteiger charge is 2.18. The molecule has 19 heavy (non-hydrogen) atoms. The van der Waals surface area contributed by atoms with Crippen molar-refractivity contribution in [2.45, 2.75) is 45.6 Å². The number of aliphatic hydroxyl groups excluding tert-OH is 1. The van der Waals surface area contributed by atoms with Crippen LogP contribution in [-0.4, -0.2) is 24.4 Å². The van der Waals surface area contributed by atoms with E-state index in [2.05, 4.69) is 20.8 Å². The van der Waals surface area contributed by atoms with Gasteiger partial charge in [-0.05, 0) is 30.0 Å². The zero-order chi connectivity index (χ0) is 14.3. The second-order valence-electron chi connectivity index (χ2n) is 5.47. The van der Waals surface area contributed by atoms with E-state index in [4.69, 9.17) is 10.5 Å². The van der Waals surface area contributed by atoms with Crippen molar-refractivity contribution in [3.8, 4) is 5.75 Å². The molecule has 0 aliphatic rings. The molecule has 1 aromatic rings. The monoisotopic (exact) mass is 265 g/mol. The van der Waals surface area contributed by atoms with E-state index >= 15 is 0 Å². The first-order valence-electron chi connectivity index (χ1n) is 7.19. The molecule has 0 aliphatic heterocycles. The van der Waals surface area contributed by atoms with E-state index < -0.39 is 0 Å². The summed E-state index contributed by atoms with van der Waals surface area (Å²) in [5, 5.41) is 10.1. The Kier molecular flexibility index (Phi) is 6.89. The van der Waals surface area contributed by atoms with Crippen LogP contribution in [0.2, 0.25) is 0 Å². The largest absolute Gasteiger partial charge is 0.493 e. The third kappa shape index (κ3) is 5.21. The van der Waals surface area contributed by atoms with E-state index in [1.807, 2.05) is 24.3 Å². The average molecular weight is 265 g/mol. The predicted octanol–water partition coefficient (Wildman–Crippen LogP) is 2.92. The summed E-state index contributed by atoms with van der Waals surface area (Å²) < 4.78 is 5.65. The zero-order valence-electron chi connectivity index (χ0n) is 12.3. The molecule has 2 unspecified atom stereocenters. The van der Waals surface area contributed by atoms with Crippen molar-refractivity contribution in [1.29, 1.82) is 0 Å². The summed E-state index contributed by atoms with van der Waals surface area (Å²) in [7, 11) is 0. The molecule has 1 aromatic carbocycles. The number of benzene rings is 1. The predicted molar refractivity (Wildman–Crippen MR) is 79.5 cm³/mol. The van der Waals surface area contributed by atoms with Crippen molar-refractivity contribution in [3.05, 3.63) is 29.8 Å². The molecule has 0 fully saturated rings. The molecule has 0 saturated heterocycles. The first-order valence-corrected chi connectivity index (χ1v) is 7.19. The smallest absolute Gasteiger partial charge is 0.119 e. The average Bonchev–Trinajstić information content (AvgIpc) is 2.39. The van der Waals surface area contributed by atoms with Gasteiger partial charge in [-0.2, -0.15) is 0 Å². The lowest BCUT2D eigenvalue weighted by molar-refractivity contribution is 0.135. The number of hydrogen-bond donors (Lipinski definition) is 2. The second kappa shape index (κ2) is 8.18. The van der Waals surface area contributed by atoms with Crippen LogP contribution in [0.15, 0.2) is 24.3 Å². The molecule has 0 bridgehead atoms. The van der Waals surface area contributed by atoms with Gasteiger partial charge in [0, 0.05) is 12.5 Å². The highest BCUT2D eigenvalue weighted by Crippen LogP contribution is 2.24. The minimum absolute atomic E-state index is 0.0131. The summed E-state index contributed by atoms with van der Waals surface area (Å²) >= 11 is 0. The lowest BCUT2D eigenvalue weighted by Gasteiger charge is -2.21. The summed E-state index contributed by atoms with van der Waals surface area (Å²) in [4.78, 5) is 0. The molecule has 3 nitrogen and oxygen atoms in total. The molecule has 0 aliphatic carbocycles. The summed E-state index contributed by atoms with van der Waals surface area (Å²) in [5.41, 5.74) is 6.86. The SMILES string of the molecule is CCCC(O)C(CN)c1ccc(OCC(C)C)cc1. The standard InChI is InChI=1S/C16H27NO2/c1-4-5-16(18)15(10-17)13-6-8-14(9-7-13)19-11-12(2)3/h6-9,12,15-16,18H,4-5,10-11,17H2,1-3H3. The Morgan fingerprint density at radius 3 is 2.32 bits per heavy atom. The molecule has 108 valence electrons. The summed E-state index contributed by atoms with van der Waals surface area (Å²) in [5.74, 6) is 1.40. The molecule has 0 saturated carbocycles. The lowest BCUT2D eigenvalue weighted by Crippen LogP contribution is -2.25. The van der Waals surface area contributed by atoms with Crippen LogP contribution >= 0.6 is 0 Å². The van der Waals surface area contributed by atoms with Crippen molar-refractivity contribution in [2.75, 3.05) is 13.2 Å². The number of aliphatic hydroxyl groups is 1. The lowest BCUT2D eigenvalue weighted by atomic mass is 9.91. The van der Waals surface area contributed by atoms with Crippen LogP contribution in [0.3, 0.4) is 0 Å². The fraction of sp³-hybridized carbons (Fsp3) is 0.625. The van der Waals surface area contributed by atoms with Crippen molar-refractivity contribution < 1.29 is 9.84 Å². The van der Waals surface area contributed by atoms with E-state index in [1.54, 1.807) is 0 Å². The van der Waals surface area contributed by atoms with Crippen LogP contribution in [0.25, 0.3) is 0 Å². The van der Waals surface area contributed by atoms with Gasteiger partial charge in [0.25, 0.3) is 0 Å². The van der Waals surface area contributed by atoms with Crippen molar-refractivity contribution in [2.24, 2.45) is 11.7 Å². The molecule has 3 N–H and O–H groups in total. The van der Waals surface area contributed by atoms with Crippen LogP contribution in [0, 0.1) is 5.92 Å². The Morgan fingerprint density at radius 2 is 1.84 bits per heavy atom. The molecule has 0 spiro atoms. The van der Waals surface area contributed by atoms with Gasteiger partial charge in [-0.15, -0.1) is 0 Å². The number of ether oxygens (including phenoxy) is 1. The quantitative estimate of drug-likeness (QED) is 0.760. The Labute approximate surface area is 116 Å². The molecular weight excluding hydrogens is 238 g/mol. The van der Waals surface area contributed by atoms with Crippen LogP contribution in [0.4, 0.5) is 0 Å². The Balaban J connectivity index is 2.67.